The highest BCUT2D eigenvalue weighted by Gasteiger charge is 2.28. The van der Waals surface area contributed by atoms with Crippen LogP contribution in [0.3, 0.4) is 0 Å². The maximum absolute atomic E-state index is 13.1. The summed E-state index contributed by atoms with van der Waals surface area (Å²) < 4.78 is 26.2. The number of hydrogen-bond donors (Lipinski definition) is 0. The molecule has 0 saturated carbocycles. The molecule has 0 saturated heterocycles. The third kappa shape index (κ3) is 2.50. The van der Waals surface area contributed by atoms with Gasteiger partial charge in [-0.2, -0.15) is 0 Å². The molecule has 3 heteroatoms. The van der Waals surface area contributed by atoms with Gasteiger partial charge in [-0.15, -0.1) is 0 Å². The van der Waals surface area contributed by atoms with Gasteiger partial charge in [0.1, 0.15) is 0 Å². The maximum Gasteiger partial charge on any atom is 0.273 e. The van der Waals surface area contributed by atoms with Crippen LogP contribution in [0.25, 0.3) is 0 Å². The topological polar surface area (TPSA) is 0 Å². The first kappa shape index (κ1) is 10.6. The first-order chi connectivity index (χ1) is 6.10. The molecule has 0 aliphatic heterocycles. The van der Waals surface area contributed by atoms with Crippen molar-refractivity contribution in [2.24, 2.45) is 0 Å². The number of alkyl halides is 3. The standard InChI is InChI=1S/C10H11BrF2/c1-2-10(12,13)9-5-3-8(7-11)4-6-9/h3-6H,2,7H2,1H3. The molecule has 1 rings (SSSR count). The Hall–Kier alpha value is -0.440. The lowest BCUT2D eigenvalue weighted by atomic mass is 10.1. The van der Waals surface area contributed by atoms with Gasteiger partial charge in [0.05, 0.1) is 0 Å². The molecule has 0 spiro atoms. The summed E-state index contributed by atoms with van der Waals surface area (Å²) in [5.41, 5.74) is 1.11. The van der Waals surface area contributed by atoms with Gasteiger partial charge in [0, 0.05) is 17.3 Å². The van der Waals surface area contributed by atoms with Gasteiger partial charge in [0.2, 0.25) is 0 Å². The molecule has 72 valence electrons. The van der Waals surface area contributed by atoms with Gasteiger partial charge in [0.15, 0.2) is 0 Å². The third-order valence-corrected chi connectivity index (χ3v) is 2.62. The minimum absolute atomic E-state index is 0.0969. The Morgan fingerprint density at radius 3 is 2.15 bits per heavy atom. The summed E-state index contributed by atoms with van der Waals surface area (Å²) >= 11 is 3.26. The van der Waals surface area contributed by atoms with E-state index in [1.54, 1.807) is 12.1 Å². The van der Waals surface area contributed by atoms with E-state index in [0.29, 0.717) is 5.33 Å². The zero-order chi connectivity index (χ0) is 9.90. The average molecular weight is 249 g/mol. The van der Waals surface area contributed by atoms with Gasteiger partial charge < -0.3 is 0 Å². The number of halogens is 3. The molecule has 0 aliphatic carbocycles. The van der Waals surface area contributed by atoms with Crippen LogP contribution in [0.15, 0.2) is 24.3 Å². The SMILES string of the molecule is CCC(F)(F)c1ccc(CBr)cc1. The number of benzene rings is 1. The van der Waals surface area contributed by atoms with Crippen molar-refractivity contribution in [1.82, 2.24) is 0 Å². The summed E-state index contributed by atoms with van der Waals surface area (Å²) in [7, 11) is 0. The average Bonchev–Trinajstić information content (AvgIpc) is 2.18. The van der Waals surface area contributed by atoms with Gasteiger partial charge in [-0.05, 0) is 5.56 Å². The minimum atomic E-state index is -2.69. The van der Waals surface area contributed by atoms with E-state index in [0.717, 1.165) is 5.56 Å². The van der Waals surface area contributed by atoms with Gasteiger partial charge in [-0.3, -0.25) is 0 Å². The van der Waals surface area contributed by atoms with Gasteiger partial charge in [0.25, 0.3) is 5.92 Å². The van der Waals surface area contributed by atoms with E-state index in [4.69, 9.17) is 0 Å². The van der Waals surface area contributed by atoms with Crippen molar-refractivity contribution in [3.8, 4) is 0 Å². The Kier molecular flexibility index (Phi) is 3.42. The lowest BCUT2D eigenvalue weighted by molar-refractivity contribution is -0.00828. The van der Waals surface area contributed by atoms with Crippen LogP contribution in [0, 0.1) is 0 Å². The van der Waals surface area contributed by atoms with Gasteiger partial charge in [-0.25, -0.2) is 8.78 Å². The fourth-order valence-electron chi connectivity index (χ4n) is 1.04. The second kappa shape index (κ2) is 4.18. The molecular weight excluding hydrogens is 238 g/mol. The molecular formula is C10H11BrF2. The predicted octanol–water partition coefficient (Wildman–Crippen LogP) is 4.08. The monoisotopic (exact) mass is 248 g/mol. The molecule has 0 nitrogen and oxygen atoms in total. The Bertz CT molecular complexity index is 267. The first-order valence-corrected chi connectivity index (χ1v) is 5.25. The summed E-state index contributed by atoms with van der Waals surface area (Å²) in [5, 5.41) is 0.699. The van der Waals surface area contributed by atoms with E-state index in [1.807, 2.05) is 0 Å². The molecule has 0 heterocycles. The zero-order valence-corrected chi connectivity index (χ0v) is 8.94. The Balaban J connectivity index is 2.92. The van der Waals surface area contributed by atoms with Crippen molar-refractivity contribution in [2.45, 2.75) is 24.6 Å². The number of rotatable bonds is 3. The summed E-state index contributed by atoms with van der Waals surface area (Å²) in [6.45, 7) is 1.48. The van der Waals surface area contributed by atoms with Crippen LogP contribution in [0.1, 0.15) is 24.5 Å². The summed E-state index contributed by atoms with van der Waals surface area (Å²) in [5.74, 6) is -2.69. The van der Waals surface area contributed by atoms with Crippen LogP contribution in [0.2, 0.25) is 0 Å². The van der Waals surface area contributed by atoms with Gasteiger partial charge >= 0.3 is 0 Å². The predicted molar refractivity (Wildman–Crippen MR) is 53.3 cm³/mol. The smallest absolute Gasteiger partial charge is 0.201 e. The van der Waals surface area contributed by atoms with Crippen molar-refractivity contribution in [1.29, 1.82) is 0 Å². The maximum atomic E-state index is 13.1. The molecule has 0 radical (unpaired) electrons. The normalized spacial score (nSPS) is 11.7. The van der Waals surface area contributed by atoms with Crippen LogP contribution >= 0.6 is 15.9 Å². The second-order valence-corrected chi connectivity index (χ2v) is 3.45. The Morgan fingerprint density at radius 1 is 1.23 bits per heavy atom. The van der Waals surface area contributed by atoms with E-state index in [-0.39, 0.29) is 12.0 Å². The molecule has 1 aromatic rings. The molecule has 1 aromatic carbocycles. The molecule has 0 aliphatic rings. The highest BCUT2D eigenvalue weighted by atomic mass is 79.9. The Labute approximate surface area is 85.1 Å². The minimum Gasteiger partial charge on any atom is -0.201 e. The summed E-state index contributed by atoms with van der Waals surface area (Å²) in [6, 6.07) is 6.40. The molecule has 0 atom stereocenters. The summed E-state index contributed by atoms with van der Waals surface area (Å²) in [6.07, 6.45) is -0.152. The van der Waals surface area contributed by atoms with Crippen molar-refractivity contribution in [3.05, 3.63) is 35.4 Å². The quantitative estimate of drug-likeness (QED) is 0.708. The lowest BCUT2D eigenvalue weighted by Gasteiger charge is -2.14. The molecule has 13 heavy (non-hydrogen) atoms. The highest BCUT2D eigenvalue weighted by Crippen LogP contribution is 2.31. The van der Waals surface area contributed by atoms with Crippen molar-refractivity contribution >= 4 is 15.9 Å². The van der Waals surface area contributed by atoms with Crippen LogP contribution in [-0.2, 0) is 11.3 Å². The van der Waals surface area contributed by atoms with E-state index in [9.17, 15) is 8.78 Å². The van der Waals surface area contributed by atoms with Crippen LogP contribution in [-0.4, -0.2) is 0 Å². The van der Waals surface area contributed by atoms with E-state index >= 15 is 0 Å². The number of hydrogen-bond acceptors (Lipinski definition) is 0. The van der Waals surface area contributed by atoms with E-state index < -0.39 is 5.92 Å². The van der Waals surface area contributed by atoms with Gasteiger partial charge in [-0.1, -0.05) is 47.1 Å². The molecule has 0 N–H and O–H groups in total. The second-order valence-electron chi connectivity index (χ2n) is 2.89. The zero-order valence-electron chi connectivity index (χ0n) is 7.36. The van der Waals surface area contributed by atoms with Crippen molar-refractivity contribution < 1.29 is 8.78 Å². The van der Waals surface area contributed by atoms with Crippen molar-refractivity contribution in [3.63, 3.8) is 0 Å². The molecule has 0 fully saturated rings. The molecule has 0 bridgehead atoms. The van der Waals surface area contributed by atoms with Crippen LogP contribution < -0.4 is 0 Å². The van der Waals surface area contributed by atoms with Crippen LogP contribution in [0.4, 0.5) is 8.78 Å². The van der Waals surface area contributed by atoms with E-state index in [2.05, 4.69) is 15.9 Å². The lowest BCUT2D eigenvalue weighted by Crippen LogP contribution is -2.11. The van der Waals surface area contributed by atoms with Crippen molar-refractivity contribution in [2.75, 3.05) is 0 Å². The van der Waals surface area contributed by atoms with E-state index in [1.165, 1.54) is 19.1 Å². The fourth-order valence-corrected chi connectivity index (χ4v) is 1.42. The largest absolute Gasteiger partial charge is 0.273 e. The first-order valence-electron chi connectivity index (χ1n) is 4.13. The fraction of sp³-hybridized carbons (Fsp3) is 0.400. The highest BCUT2D eigenvalue weighted by molar-refractivity contribution is 9.08. The molecule has 0 amide bonds. The third-order valence-electron chi connectivity index (χ3n) is 1.97. The van der Waals surface area contributed by atoms with Crippen LogP contribution in [0.5, 0.6) is 0 Å². The molecule has 0 aromatic heterocycles. The molecule has 0 unspecified atom stereocenters. The summed E-state index contributed by atoms with van der Waals surface area (Å²) in [4.78, 5) is 0. The Morgan fingerprint density at radius 2 is 1.77 bits per heavy atom.